The lowest BCUT2D eigenvalue weighted by Crippen LogP contribution is -2.20. The summed E-state index contributed by atoms with van der Waals surface area (Å²) in [6.45, 7) is 4.69. The Kier molecular flexibility index (Phi) is 4.19. The molecule has 0 saturated carbocycles. The van der Waals surface area contributed by atoms with Crippen LogP contribution in [-0.2, 0) is 0 Å². The van der Waals surface area contributed by atoms with Crippen molar-refractivity contribution in [2.45, 2.75) is 20.3 Å². The van der Waals surface area contributed by atoms with Gasteiger partial charge < -0.3 is 5.73 Å². The minimum Gasteiger partial charge on any atom is -0.330 e. The molecule has 86 valence electrons. The number of carbonyl (C=O) groups is 2. The summed E-state index contributed by atoms with van der Waals surface area (Å²) >= 11 is 0. The molecular weight excluding hydrogens is 204 g/mol. The Morgan fingerprint density at radius 3 is 2.38 bits per heavy atom. The van der Waals surface area contributed by atoms with Crippen LogP contribution in [0, 0.1) is 6.92 Å². The van der Waals surface area contributed by atoms with Gasteiger partial charge in [-0.1, -0.05) is 19.1 Å². The van der Waals surface area contributed by atoms with Crippen LogP contribution >= 0.6 is 0 Å². The molecular formula is C12H16N2O2. The van der Waals surface area contributed by atoms with Crippen LogP contribution in [0.25, 0.3) is 0 Å². The quantitative estimate of drug-likeness (QED) is 0.699. The van der Waals surface area contributed by atoms with E-state index in [1.165, 1.54) is 0 Å². The number of fused-ring (bicyclic) bond motifs is 1. The van der Waals surface area contributed by atoms with Crippen LogP contribution in [0.3, 0.4) is 0 Å². The van der Waals surface area contributed by atoms with Crippen molar-refractivity contribution in [1.82, 2.24) is 5.32 Å². The number of rotatable bonds is 1. The van der Waals surface area contributed by atoms with Crippen LogP contribution in [0.2, 0.25) is 0 Å². The molecule has 4 heteroatoms. The molecule has 4 nitrogen and oxygen atoms in total. The minimum absolute atomic E-state index is 0.284. The Hall–Kier alpha value is -1.68. The van der Waals surface area contributed by atoms with E-state index < -0.39 is 0 Å². The second kappa shape index (κ2) is 5.42. The predicted molar refractivity (Wildman–Crippen MR) is 62.3 cm³/mol. The lowest BCUT2D eigenvalue weighted by Gasteiger charge is -1.96. The Balaban J connectivity index is 0.000000280. The average Bonchev–Trinajstić information content (AvgIpc) is 2.56. The van der Waals surface area contributed by atoms with E-state index in [9.17, 15) is 9.59 Å². The molecule has 0 atom stereocenters. The highest BCUT2D eigenvalue weighted by Crippen LogP contribution is 2.18. The van der Waals surface area contributed by atoms with Gasteiger partial charge in [-0.2, -0.15) is 0 Å². The first-order valence-electron chi connectivity index (χ1n) is 5.27. The van der Waals surface area contributed by atoms with Gasteiger partial charge in [0.1, 0.15) is 0 Å². The number of hydrogen-bond acceptors (Lipinski definition) is 3. The molecule has 0 spiro atoms. The Labute approximate surface area is 94.8 Å². The first kappa shape index (κ1) is 12.4. The number of nitrogens with one attached hydrogen (secondary N) is 1. The molecule has 1 aliphatic heterocycles. The van der Waals surface area contributed by atoms with Crippen molar-refractivity contribution < 1.29 is 9.59 Å². The number of benzene rings is 1. The van der Waals surface area contributed by atoms with Crippen molar-refractivity contribution in [2.75, 3.05) is 6.54 Å². The van der Waals surface area contributed by atoms with Crippen LogP contribution in [-0.4, -0.2) is 18.4 Å². The first-order chi connectivity index (χ1) is 7.61. The Morgan fingerprint density at radius 2 is 1.88 bits per heavy atom. The maximum Gasteiger partial charge on any atom is 0.259 e. The summed E-state index contributed by atoms with van der Waals surface area (Å²) < 4.78 is 0. The fourth-order valence-corrected chi connectivity index (χ4v) is 1.39. The average molecular weight is 220 g/mol. The van der Waals surface area contributed by atoms with Gasteiger partial charge in [-0.25, -0.2) is 0 Å². The molecule has 16 heavy (non-hydrogen) atoms. The molecule has 3 N–H and O–H groups in total. The molecule has 2 rings (SSSR count). The topological polar surface area (TPSA) is 72.2 Å². The van der Waals surface area contributed by atoms with Crippen LogP contribution in [0.4, 0.5) is 0 Å². The second-order valence-corrected chi connectivity index (χ2v) is 3.57. The van der Waals surface area contributed by atoms with Gasteiger partial charge in [0, 0.05) is 0 Å². The number of amides is 2. The van der Waals surface area contributed by atoms with Gasteiger partial charge in [0.25, 0.3) is 11.8 Å². The molecule has 0 aliphatic carbocycles. The number of nitrogens with two attached hydrogens (primary N) is 1. The van der Waals surface area contributed by atoms with Gasteiger partial charge in [-0.15, -0.1) is 0 Å². The van der Waals surface area contributed by atoms with E-state index in [0.717, 1.165) is 18.5 Å². The van der Waals surface area contributed by atoms with E-state index in [2.05, 4.69) is 12.2 Å². The van der Waals surface area contributed by atoms with Gasteiger partial charge >= 0.3 is 0 Å². The van der Waals surface area contributed by atoms with E-state index >= 15 is 0 Å². The lowest BCUT2D eigenvalue weighted by atomic mass is 10.0. The summed E-state index contributed by atoms with van der Waals surface area (Å²) in [5.41, 5.74) is 6.87. The largest absolute Gasteiger partial charge is 0.330 e. The van der Waals surface area contributed by atoms with Crippen molar-refractivity contribution in [3.05, 3.63) is 34.9 Å². The highest BCUT2D eigenvalue weighted by atomic mass is 16.2. The first-order valence-corrected chi connectivity index (χ1v) is 5.27. The zero-order valence-electron chi connectivity index (χ0n) is 9.54. The third kappa shape index (κ3) is 2.46. The van der Waals surface area contributed by atoms with Crippen molar-refractivity contribution in [3.63, 3.8) is 0 Å². The molecule has 1 aromatic rings. The smallest absolute Gasteiger partial charge is 0.259 e. The SMILES string of the molecule is CCCN.Cc1cccc2c1C(=O)NC2=O. The van der Waals surface area contributed by atoms with Crippen LogP contribution in [0.15, 0.2) is 18.2 Å². The summed E-state index contributed by atoms with van der Waals surface area (Å²) in [7, 11) is 0. The predicted octanol–water partition coefficient (Wildman–Crippen LogP) is 1.23. The van der Waals surface area contributed by atoms with Gasteiger partial charge in [0.2, 0.25) is 0 Å². The van der Waals surface area contributed by atoms with Gasteiger partial charge in [0.05, 0.1) is 11.1 Å². The van der Waals surface area contributed by atoms with Crippen molar-refractivity contribution in [2.24, 2.45) is 5.73 Å². The standard InChI is InChI=1S/C9H7NO2.C3H9N/c1-5-3-2-4-6-7(5)9(12)10-8(6)11;1-2-3-4/h2-4H,1H3,(H,10,11,12);2-4H2,1H3. The van der Waals surface area contributed by atoms with Gasteiger partial charge in [0.15, 0.2) is 0 Å². The van der Waals surface area contributed by atoms with E-state index in [4.69, 9.17) is 5.73 Å². The maximum absolute atomic E-state index is 11.2. The monoisotopic (exact) mass is 220 g/mol. The van der Waals surface area contributed by atoms with E-state index in [1.54, 1.807) is 12.1 Å². The summed E-state index contributed by atoms with van der Waals surface area (Å²) in [6.07, 6.45) is 1.10. The highest BCUT2D eigenvalue weighted by Gasteiger charge is 2.27. The summed E-state index contributed by atoms with van der Waals surface area (Å²) in [6, 6.07) is 5.24. The number of aryl methyl sites for hydroxylation is 1. The second-order valence-electron chi connectivity index (χ2n) is 3.57. The van der Waals surface area contributed by atoms with Crippen LogP contribution in [0.5, 0.6) is 0 Å². The molecule has 0 bridgehead atoms. The van der Waals surface area contributed by atoms with E-state index in [1.807, 2.05) is 13.0 Å². The zero-order chi connectivity index (χ0) is 12.1. The molecule has 1 aliphatic rings. The fraction of sp³-hybridized carbons (Fsp3) is 0.333. The Bertz CT molecular complexity index is 411. The van der Waals surface area contributed by atoms with Gasteiger partial charge in [-0.3, -0.25) is 14.9 Å². The molecule has 0 unspecified atom stereocenters. The lowest BCUT2D eigenvalue weighted by molar-refractivity contribution is 0.0879. The molecule has 2 amide bonds. The molecule has 0 radical (unpaired) electrons. The fourth-order valence-electron chi connectivity index (χ4n) is 1.39. The molecule has 1 heterocycles. The van der Waals surface area contributed by atoms with Crippen molar-refractivity contribution >= 4 is 11.8 Å². The molecule has 0 aromatic heterocycles. The minimum atomic E-state index is -0.293. The molecule has 1 aromatic carbocycles. The van der Waals surface area contributed by atoms with Crippen molar-refractivity contribution in [3.8, 4) is 0 Å². The summed E-state index contributed by atoms with van der Waals surface area (Å²) in [5.74, 6) is -0.577. The third-order valence-electron chi connectivity index (χ3n) is 2.26. The highest BCUT2D eigenvalue weighted by molar-refractivity contribution is 6.22. The molecule has 0 saturated heterocycles. The van der Waals surface area contributed by atoms with Gasteiger partial charge in [-0.05, 0) is 31.5 Å². The zero-order valence-corrected chi connectivity index (χ0v) is 9.54. The van der Waals surface area contributed by atoms with Crippen LogP contribution < -0.4 is 11.1 Å². The summed E-state index contributed by atoms with van der Waals surface area (Å²) in [5, 5.41) is 2.25. The van der Waals surface area contributed by atoms with Crippen molar-refractivity contribution in [1.29, 1.82) is 0 Å². The van der Waals surface area contributed by atoms with E-state index in [0.29, 0.717) is 11.1 Å². The Morgan fingerprint density at radius 1 is 1.25 bits per heavy atom. The number of imide groups is 1. The maximum atomic E-state index is 11.2. The normalized spacial score (nSPS) is 12.7. The summed E-state index contributed by atoms with van der Waals surface area (Å²) in [4.78, 5) is 22.3. The molecule has 0 fully saturated rings. The number of carbonyl (C=O) groups excluding carboxylic acids is 2. The number of hydrogen-bond donors (Lipinski definition) is 2. The third-order valence-corrected chi connectivity index (χ3v) is 2.26. The van der Waals surface area contributed by atoms with Crippen LogP contribution in [0.1, 0.15) is 39.6 Å². The van der Waals surface area contributed by atoms with E-state index in [-0.39, 0.29) is 11.8 Å².